The van der Waals surface area contributed by atoms with Crippen LogP contribution in [0.3, 0.4) is 0 Å². The second kappa shape index (κ2) is 34.2. The second-order valence-corrected chi connectivity index (χ2v) is 27.4. The zero-order valence-electron chi connectivity index (χ0n) is 62.9. The SMILES string of the molecule is Cc1cnc(-n2c3[c-]c(-c4[c-]c(Oc5cc(C)ccn5)cc(C(F)(F)F)c4)ccc3c3cc(C)ccc32)nc1.Cc1cnc(-n2c3[c-]c(-c4[c-]c(Oc5cc(C)ccn5)cc(C(F)(F)F)c4)ccc3c3ccccc32)nc1.Cc1cnc(-n2c3[c-]c(-c4[c-]c(Oc5cc(C)ccn5)ccc4)c(C(F)(F)F)cc3c3ccccc32)nc1.[Pt+2].[Pt+2].[Pt+2]. The molecule has 0 aliphatic rings. The third-order valence-electron chi connectivity index (χ3n) is 18.6. The molecule has 0 N–H and O–H groups in total. The summed E-state index contributed by atoms with van der Waals surface area (Å²) in [5, 5.41) is 4.73. The van der Waals surface area contributed by atoms with E-state index in [1.54, 1.807) is 121 Å². The Morgan fingerprint density at radius 2 is 0.661 bits per heavy atom. The Bertz CT molecular complexity index is 6780. The van der Waals surface area contributed by atoms with Crippen molar-refractivity contribution in [3.8, 4) is 86.1 Å². The van der Waals surface area contributed by atoms with Gasteiger partial charge in [-0.1, -0.05) is 87.9 Å². The number of para-hydroxylation sites is 2. The van der Waals surface area contributed by atoms with Gasteiger partial charge in [0.05, 0.1) is 0 Å². The summed E-state index contributed by atoms with van der Waals surface area (Å²) in [5.41, 5.74) is 9.29. The van der Waals surface area contributed by atoms with Crippen molar-refractivity contribution in [3.05, 3.63) is 324 Å². The number of ether oxygens (including phenoxy) is 3. The standard InChI is InChI=1S/C31H21F3N4O.2C30H19F3N4O.3Pt/c1-18-4-7-27-26(10-18)25-6-5-21(14-28(25)38(27)30-36-16-20(3)17-37-30)22-12-23(31(32,33)34)15-24(13-22)39-29-11-19(2)8-9-35-29;1-18-10-11-34-28(12-18)38-21-7-5-6-20(13-21)23-15-27-24(14-25(23)30(31,32)33)22-8-3-4-9-26(22)37(27)29-35-16-19(2)17-36-29;1-18-9-10-34-28(11-18)38-23-13-21(12-22(15-23)30(31,32)33)20-7-8-25-24-5-3-4-6-26(24)37(27(25)14-20)29-35-16-19(2)17-36-29;;;/h4-12,15-17H,1-3H3;3-12,14,16-17H,1-2H3;3-12,15-17H,1-2H3;;;/q3*-2;3*+2. The topological polar surface area (TPSA) is 158 Å². The maximum absolute atomic E-state index is 14.4. The van der Waals surface area contributed by atoms with Crippen molar-refractivity contribution in [1.29, 1.82) is 0 Å². The van der Waals surface area contributed by atoms with E-state index >= 15 is 0 Å². The van der Waals surface area contributed by atoms with Crippen LogP contribution in [-0.2, 0) is 81.7 Å². The Labute approximate surface area is 712 Å². The Kier molecular flexibility index (Phi) is 24.3. The summed E-state index contributed by atoms with van der Waals surface area (Å²) >= 11 is 0. The van der Waals surface area contributed by atoms with Gasteiger partial charge in [-0.25, -0.2) is 78.2 Å². The Morgan fingerprint density at radius 3 is 1.08 bits per heavy atom. The zero-order chi connectivity index (χ0) is 80.2. The van der Waals surface area contributed by atoms with E-state index in [9.17, 15) is 39.5 Å². The average molecular weight is 2120 g/mol. The Hall–Kier alpha value is -12.1. The van der Waals surface area contributed by atoms with Crippen LogP contribution in [0.25, 0.3) is 117 Å². The number of benzene rings is 9. The van der Waals surface area contributed by atoms with Crippen molar-refractivity contribution in [1.82, 2.24) is 58.6 Å². The molecule has 594 valence electrons. The molecule has 0 bridgehead atoms. The first-order valence-electron chi connectivity index (χ1n) is 35.7. The molecule has 9 aromatic carbocycles. The smallest absolute Gasteiger partial charge is 0.460 e. The number of hydrogen-bond donors (Lipinski definition) is 0. The maximum atomic E-state index is 14.4. The summed E-state index contributed by atoms with van der Waals surface area (Å²) in [6.45, 7) is 13.3. The van der Waals surface area contributed by atoms with Crippen LogP contribution in [-0.4, -0.2) is 58.6 Å². The molecule has 0 atom stereocenters. The van der Waals surface area contributed by atoms with Gasteiger partial charge >= 0.3 is 81.7 Å². The van der Waals surface area contributed by atoms with Crippen molar-refractivity contribution in [2.45, 2.75) is 67.0 Å². The quantitative estimate of drug-likeness (QED) is 0.0843. The molecular formula is C91H59F9N12O3Pt3. The van der Waals surface area contributed by atoms with Gasteiger partial charge in [-0.3, -0.25) is 13.7 Å². The molecule has 27 heteroatoms. The number of rotatable bonds is 12. The second-order valence-electron chi connectivity index (χ2n) is 27.4. The number of aryl methyl sites for hydroxylation is 7. The van der Waals surface area contributed by atoms with E-state index in [-0.39, 0.29) is 114 Å². The first kappa shape index (κ1) is 83.8. The molecule has 9 aromatic heterocycles. The molecular weight excluding hydrogens is 2070 g/mol. The van der Waals surface area contributed by atoms with Crippen LogP contribution in [0.5, 0.6) is 34.9 Å². The van der Waals surface area contributed by atoms with Crippen LogP contribution in [0.1, 0.15) is 55.6 Å². The minimum atomic E-state index is -4.63. The van der Waals surface area contributed by atoms with Gasteiger partial charge in [0, 0.05) is 108 Å². The summed E-state index contributed by atoms with van der Waals surface area (Å²) < 4.78 is 149. The first-order valence-corrected chi connectivity index (χ1v) is 35.7. The van der Waals surface area contributed by atoms with E-state index < -0.39 is 35.2 Å². The molecule has 0 radical (unpaired) electrons. The molecule has 0 saturated heterocycles. The molecule has 0 saturated carbocycles. The van der Waals surface area contributed by atoms with Gasteiger partial charge in [-0.05, 0) is 162 Å². The Balaban J connectivity index is 0.000000152. The minimum Gasteiger partial charge on any atom is -0.460 e. The molecule has 0 aliphatic carbocycles. The molecule has 0 fully saturated rings. The molecule has 9 heterocycles. The summed E-state index contributed by atoms with van der Waals surface area (Å²) in [6, 6.07) is 67.2. The molecule has 0 amide bonds. The number of hydrogen-bond acceptors (Lipinski definition) is 12. The number of pyridine rings is 3. The van der Waals surface area contributed by atoms with Crippen LogP contribution < -0.4 is 14.2 Å². The van der Waals surface area contributed by atoms with Crippen LogP contribution >= 0.6 is 0 Å². The van der Waals surface area contributed by atoms with Crippen molar-refractivity contribution in [2.75, 3.05) is 0 Å². The van der Waals surface area contributed by atoms with Gasteiger partial charge in [0.1, 0.15) is 0 Å². The monoisotopic (exact) mass is 2120 g/mol. The fraction of sp³-hybridized carbons (Fsp3) is 0.110. The molecule has 0 aliphatic heterocycles. The molecule has 118 heavy (non-hydrogen) atoms. The number of fused-ring (bicyclic) bond motifs is 9. The number of halogens is 9. The first-order chi connectivity index (χ1) is 55.2. The number of nitrogens with zero attached hydrogens (tertiary/aromatic N) is 12. The predicted octanol–water partition coefficient (Wildman–Crippen LogP) is 23.3. The van der Waals surface area contributed by atoms with E-state index in [2.05, 4.69) is 87.3 Å². The van der Waals surface area contributed by atoms with E-state index in [4.69, 9.17) is 14.2 Å². The summed E-state index contributed by atoms with van der Waals surface area (Å²) in [5.74, 6) is 1.97. The fourth-order valence-electron chi connectivity index (χ4n) is 13.3. The van der Waals surface area contributed by atoms with Crippen LogP contribution in [0.15, 0.2) is 232 Å². The van der Waals surface area contributed by atoms with Gasteiger partial charge in [0.25, 0.3) is 0 Å². The minimum absolute atomic E-state index is 0. The van der Waals surface area contributed by atoms with Gasteiger partial charge in [-0.15, -0.1) is 42.5 Å². The molecule has 0 spiro atoms. The third-order valence-corrected chi connectivity index (χ3v) is 18.6. The van der Waals surface area contributed by atoms with Gasteiger partial charge < -0.3 is 14.2 Å². The van der Waals surface area contributed by atoms with Crippen molar-refractivity contribution in [2.24, 2.45) is 0 Å². The predicted molar refractivity (Wildman–Crippen MR) is 420 cm³/mol. The van der Waals surface area contributed by atoms with E-state index in [1.165, 1.54) is 12.4 Å². The summed E-state index contributed by atoms with van der Waals surface area (Å²) in [4.78, 5) is 39.2. The van der Waals surface area contributed by atoms with E-state index in [1.807, 2.05) is 124 Å². The molecule has 0 unspecified atom stereocenters. The van der Waals surface area contributed by atoms with Crippen LogP contribution in [0, 0.1) is 84.9 Å². The van der Waals surface area contributed by atoms with Gasteiger partial charge in [0.2, 0.25) is 35.5 Å². The zero-order valence-corrected chi connectivity index (χ0v) is 69.7. The Morgan fingerprint density at radius 1 is 0.280 bits per heavy atom. The average Bonchev–Trinajstić information content (AvgIpc) is 1.59. The van der Waals surface area contributed by atoms with Gasteiger partial charge in [0.15, 0.2) is 0 Å². The largest absolute Gasteiger partial charge is 2.00 e. The van der Waals surface area contributed by atoms with Crippen molar-refractivity contribution in [3.63, 3.8) is 0 Å². The normalized spacial score (nSPS) is 11.5. The third kappa shape index (κ3) is 17.8. The molecule has 18 aromatic rings. The van der Waals surface area contributed by atoms with E-state index in [0.717, 1.165) is 102 Å². The maximum Gasteiger partial charge on any atom is 2.00 e. The number of aromatic nitrogens is 12. The number of alkyl halides is 9. The summed E-state index contributed by atoms with van der Waals surface area (Å²) in [6.07, 6.45) is 1.09. The fourth-order valence-corrected chi connectivity index (χ4v) is 13.3. The molecule has 18 rings (SSSR count). The molecule has 15 nitrogen and oxygen atoms in total. The van der Waals surface area contributed by atoms with E-state index in [0.29, 0.717) is 67.7 Å². The summed E-state index contributed by atoms with van der Waals surface area (Å²) in [7, 11) is 0. The van der Waals surface area contributed by atoms with Crippen LogP contribution in [0.4, 0.5) is 39.5 Å². The van der Waals surface area contributed by atoms with Crippen LogP contribution in [0.2, 0.25) is 0 Å². The van der Waals surface area contributed by atoms with Crippen molar-refractivity contribution >= 4 is 65.4 Å². The van der Waals surface area contributed by atoms with Crippen molar-refractivity contribution < 1.29 is 117 Å². The van der Waals surface area contributed by atoms with Gasteiger partial charge in [-0.2, -0.15) is 94.1 Å².